The summed E-state index contributed by atoms with van der Waals surface area (Å²) in [4.78, 5) is 25.7. The maximum atomic E-state index is 13.1. The Kier molecular flexibility index (Phi) is 4.86. The van der Waals surface area contributed by atoms with Gasteiger partial charge in [-0.3, -0.25) is 14.3 Å². The van der Waals surface area contributed by atoms with Crippen LogP contribution in [0.25, 0.3) is 10.9 Å². The average molecular weight is 395 g/mol. The molecule has 29 heavy (non-hydrogen) atoms. The molecule has 2 heterocycles. The maximum absolute atomic E-state index is 13.1. The quantitative estimate of drug-likeness (QED) is 0.691. The zero-order valence-corrected chi connectivity index (χ0v) is 17.1. The van der Waals surface area contributed by atoms with E-state index in [0.29, 0.717) is 17.0 Å². The van der Waals surface area contributed by atoms with E-state index in [-0.39, 0.29) is 24.1 Å². The van der Waals surface area contributed by atoms with Crippen LogP contribution in [0.2, 0.25) is 0 Å². The van der Waals surface area contributed by atoms with Crippen LogP contribution in [0.3, 0.4) is 0 Å². The normalized spacial score (nSPS) is 14.8. The Balaban J connectivity index is 1.57. The molecule has 0 unspecified atom stereocenters. The molecule has 1 N–H and O–H groups in total. The molecule has 1 atom stereocenters. The summed E-state index contributed by atoms with van der Waals surface area (Å²) in [5.41, 5.74) is 2.97. The number of carbonyl (C=O) groups excluding carboxylic acids is 1. The van der Waals surface area contributed by atoms with E-state index in [1.165, 1.54) is 4.68 Å². The molecule has 2 aromatic heterocycles. The fraction of sp³-hybridized carbons (Fsp3) is 0.429. The molecular weight excluding hydrogens is 370 g/mol. The first kappa shape index (κ1) is 19.2. The van der Waals surface area contributed by atoms with Crippen molar-refractivity contribution in [3.63, 3.8) is 0 Å². The van der Waals surface area contributed by atoms with Gasteiger partial charge in [0.25, 0.3) is 5.56 Å². The number of fused-ring (bicyclic) bond motifs is 1. The second-order valence-corrected chi connectivity index (χ2v) is 7.62. The number of benzene rings is 1. The lowest BCUT2D eigenvalue weighted by Gasteiger charge is -2.15. The molecule has 152 valence electrons. The van der Waals surface area contributed by atoms with E-state index in [4.69, 9.17) is 4.74 Å². The summed E-state index contributed by atoms with van der Waals surface area (Å²) >= 11 is 0. The largest absolute Gasteiger partial charge is 0.497 e. The number of rotatable bonds is 6. The summed E-state index contributed by atoms with van der Waals surface area (Å²) in [6.45, 7) is 3.61. The van der Waals surface area contributed by atoms with Gasteiger partial charge in [-0.2, -0.15) is 10.2 Å². The van der Waals surface area contributed by atoms with E-state index in [2.05, 4.69) is 15.5 Å². The van der Waals surface area contributed by atoms with E-state index >= 15 is 0 Å². The first-order valence-corrected chi connectivity index (χ1v) is 9.76. The highest BCUT2D eigenvalue weighted by molar-refractivity contribution is 5.84. The maximum Gasteiger partial charge on any atom is 0.278 e. The molecule has 1 aromatic carbocycles. The summed E-state index contributed by atoms with van der Waals surface area (Å²) in [5.74, 6) is 0.832. The van der Waals surface area contributed by atoms with Crippen LogP contribution >= 0.6 is 0 Å². The number of amides is 1. The number of carbonyl (C=O) groups is 1. The van der Waals surface area contributed by atoms with Gasteiger partial charge in [0.15, 0.2) is 0 Å². The standard InChI is InChI=1S/C21H25N5O3/c1-12(14-7-9-16(29-4)10-8-14)22-17(27)11-26-21(28)18-19(15-5-6-15)24-25(3)20(18)13(2)23-26/h7-10,12,15H,5-6,11H2,1-4H3,(H,22,27)/t12-/m0/s1. The van der Waals surface area contributed by atoms with Gasteiger partial charge < -0.3 is 10.1 Å². The zero-order chi connectivity index (χ0) is 20.7. The van der Waals surface area contributed by atoms with Gasteiger partial charge in [0.2, 0.25) is 5.91 Å². The SMILES string of the molecule is COc1ccc([C@H](C)NC(=O)Cn2nc(C)c3c(c(C4CC4)nn3C)c2=O)cc1. The second kappa shape index (κ2) is 7.35. The van der Waals surface area contributed by atoms with Gasteiger partial charge in [0.05, 0.1) is 35.4 Å². The lowest BCUT2D eigenvalue weighted by molar-refractivity contribution is -0.122. The van der Waals surface area contributed by atoms with Crippen LogP contribution < -0.4 is 15.6 Å². The van der Waals surface area contributed by atoms with Crippen LogP contribution in [-0.4, -0.2) is 32.6 Å². The number of ether oxygens (including phenoxy) is 1. The lowest BCUT2D eigenvalue weighted by Crippen LogP contribution is -2.35. The van der Waals surface area contributed by atoms with E-state index < -0.39 is 0 Å². The summed E-state index contributed by atoms with van der Waals surface area (Å²) in [5, 5.41) is 12.4. The number of hydrogen-bond donors (Lipinski definition) is 1. The fourth-order valence-corrected chi connectivity index (χ4v) is 3.72. The Morgan fingerprint density at radius 1 is 1.28 bits per heavy atom. The van der Waals surface area contributed by atoms with Crippen molar-refractivity contribution in [1.82, 2.24) is 24.9 Å². The van der Waals surface area contributed by atoms with Gasteiger partial charge >= 0.3 is 0 Å². The number of methoxy groups -OCH3 is 1. The predicted molar refractivity (Wildman–Crippen MR) is 109 cm³/mol. The molecule has 4 rings (SSSR count). The van der Waals surface area contributed by atoms with Gasteiger partial charge in [0, 0.05) is 13.0 Å². The number of nitrogens with one attached hydrogen (secondary N) is 1. The van der Waals surface area contributed by atoms with Crippen LogP contribution in [0.15, 0.2) is 29.1 Å². The third-order valence-electron chi connectivity index (χ3n) is 5.39. The minimum atomic E-state index is -0.265. The van der Waals surface area contributed by atoms with E-state index in [9.17, 15) is 9.59 Å². The van der Waals surface area contributed by atoms with E-state index in [1.54, 1.807) is 11.8 Å². The molecule has 0 radical (unpaired) electrons. The third-order valence-corrected chi connectivity index (χ3v) is 5.39. The first-order valence-electron chi connectivity index (χ1n) is 9.76. The van der Waals surface area contributed by atoms with Crippen molar-refractivity contribution in [3.8, 4) is 5.75 Å². The zero-order valence-electron chi connectivity index (χ0n) is 17.1. The van der Waals surface area contributed by atoms with Crippen molar-refractivity contribution in [2.45, 2.75) is 45.2 Å². The molecule has 0 saturated heterocycles. The Morgan fingerprint density at radius 3 is 2.59 bits per heavy atom. The van der Waals surface area contributed by atoms with E-state index in [0.717, 1.165) is 35.4 Å². The molecule has 8 nitrogen and oxygen atoms in total. The molecule has 1 aliphatic rings. The molecule has 0 bridgehead atoms. The highest BCUT2D eigenvalue weighted by Gasteiger charge is 2.31. The lowest BCUT2D eigenvalue weighted by atomic mass is 10.1. The van der Waals surface area contributed by atoms with Gasteiger partial charge in [-0.05, 0) is 44.4 Å². The molecule has 3 aromatic rings. The van der Waals surface area contributed by atoms with Crippen molar-refractivity contribution in [2.24, 2.45) is 7.05 Å². The van der Waals surface area contributed by atoms with Crippen molar-refractivity contribution in [2.75, 3.05) is 7.11 Å². The van der Waals surface area contributed by atoms with Gasteiger partial charge in [-0.25, -0.2) is 4.68 Å². The van der Waals surface area contributed by atoms with Gasteiger partial charge in [-0.1, -0.05) is 12.1 Å². The summed E-state index contributed by atoms with van der Waals surface area (Å²) in [6.07, 6.45) is 2.10. The molecule has 8 heteroatoms. The molecular formula is C21H25N5O3. The first-order chi connectivity index (χ1) is 13.9. The van der Waals surface area contributed by atoms with Crippen LogP contribution in [0, 0.1) is 6.92 Å². The molecule has 1 aliphatic carbocycles. The number of aromatic nitrogens is 4. The smallest absolute Gasteiger partial charge is 0.278 e. The van der Waals surface area contributed by atoms with Crippen LogP contribution in [0.4, 0.5) is 0 Å². The van der Waals surface area contributed by atoms with Gasteiger partial charge in [-0.15, -0.1) is 0 Å². The highest BCUT2D eigenvalue weighted by atomic mass is 16.5. The minimum Gasteiger partial charge on any atom is -0.497 e. The average Bonchev–Trinajstić information content (AvgIpc) is 3.48. The summed E-state index contributed by atoms with van der Waals surface area (Å²) in [6, 6.07) is 7.31. The topological polar surface area (TPSA) is 91.0 Å². The summed E-state index contributed by atoms with van der Waals surface area (Å²) < 4.78 is 8.14. The molecule has 0 spiro atoms. The van der Waals surface area contributed by atoms with Crippen molar-refractivity contribution < 1.29 is 9.53 Å². The third kappa shape index (κ3) is 3.62. The summed E-state index contributed by atoms with van der Waals surface area (Å²) in [7, 11) is 3.44. The molecule has 1 saturated carbocycles. The Hall–Kier alpha value is -3.16. The number of hydrogen-bond acceptors (Lipinski definition) is 5. The van der Waals surface area contributed by atoms with Crippen molar-refractivity contribution in [1.29, 1.82) is 0 Å². The monoisotopic (exact) mass is 395 g/mol. The van der Waals surface area contributed by atoms with Crippen LogP contribution in [0.5, 0.6) is 5.75 Å². The molecule has 1 fully saturated rings. The van der Waals surface area contributed by atoms with Gasteiger partial charge in [0.1, 0.15) is 12.3 Å². The molecule has 1 amide bonds. The Labute approximate surface area is 168 Å². The highest BCUT2D eigenvalue weighted by Crippen LogP contribution is 2.41. The van der Waals surface area contributed by atoms with Crippen molar-refractivity contribution in [3.05, 3.63) is 51.6 Å². The Morgan fingerprint density at radius 2 is 1.97 bits per heavy atom. The van der Waals surface area contributed by atoms with Crippen molar-refractivity contribution >= 4 is 16.8 Å². The molecule has 0 aliphatic heterocycles. The van der Waals surface area contributed by atoms with Crippen LogP contribution in [0.1, 0.15) is 48.7 Å². The fourth-order valence-electron chi connectivity index (χ4n) is 3.72. The number of aryl methyl sites for hydroxylation is 2. The second-order valence-electron chi connectivity index (χ2n) is 7.62. The van der Waals surface area contributed by atoms with E-state index in [1.807, 2.05) is 45.2 Å². The Bertz CT molecular complexity index is 1130. The van der Waals surface area contributed by atoms with Crippen LogP contribution in [-0.2, 0) is 18.4 Å². The predicted octanol–water partition coefficient (Wildman–Crippen LogP) is 2.20. The minimum absolute atomic E-state index is 0.130. The number of nitrogens with zero attached hydrogens (tertiary/aromatic N) is 4.